The largest absolute Gasteiger partial charge is 0.480 e. The second kappa shape index (κ2) is 6.65. The summed E-state index contributed by atoms with van der Waals surface area (Å²) in [6.07, 6.45) is 0. The molecule has 0 unspecified atom stereocenters. The van der Waals surface area contributed by atoms with E-state index in [-0.39, 0.29) is 6.54 Å². The Hall–Kier alpha value is -1.44. The lowest BCUT2D eigenvalue weighted by Gasteiger charge is -2.33. The van der Waals surface area contributed by atoms with Crippen molar-refractivity contribution in [2.75, 3.05) is 39.8 Å². The van der Waals surface area contributed by atoms with Crippen LogP contribution in [-0.4, -0.2) is 65.9 Å². The average molecular weight is 269 g/mol. The molecule has 1 saturated heterocycles. The third-order valence-electron chi connectivity index (χ3n) is 3.10. The molecule has 0 radical (unpaired) electrons. The molecule has 1 aliphatic heterocycles. The lowest BCUT2D eigenvalue weighted by Crippen LogP contribution is -2.47. The van der Waals surface area contributed by atoms with E-state index in [0.29, 0.717) is 6.61 Å². The van der Waals surface area contributed by atoms with Gasteiger partial charge in [-0.25, -0.2) is 0 Å². The summed E-state index contributed by atoms with van der Waals surface area (Å²) < 4.78 is 10.1. The smallest absolute Gasteiger partial charge is 0.317 e. The molecule has 7 heteroatoms. The van der Waals surface area contributed by atoms with E-state index in [9.17, 15) is 4.79 Å². The van der Waals surface area contributed by atoms with Gasteiger partial charge in [0.15, 0.2) is 5.76 Å². The van der Waals surface area contributed by atoms with Gasteiger partial charge in [-0.3, -0.25) is 14.6 Å². The number of hydrogen-bond acceptors (Lipinski definition) is 6. The predicted octanol–water partition coefficient (Wildman–Crippen LogP) is 0.0232. The van der Waals surface area contributed by atoms with Crippen molar-refractivity contribution in [2.45, 2.75) is 13.2 Å². The molecule has 7 nitrogen and oxygen atoms in total. The summed E-state index contributed by atoms with van der Waals surface area (Å²) in [6.45, 7) is 4.52. The first-order valence-electron chi connectivity index (χ1n) is 6.27. The number of nitrogens with zero attached hydrogens (tertiary/aromatic N) is 3. The maximum absolute atomic E-state index is 10.6. The number of carboxylic acids is 1. The molecule has 106 valence electrons. The number of carboxylic acid groups (broad SMARTS) is 1. The van der Waals surface area contributed by atoms with Crippen molar-refractivity contribution >= 4 is 5.97 Å². The molecule has 0 bridgehead atoms. The summed E-state index contributed by atoms with van der Waals surface area (Å²) in [4.78, 5) is 14.8. The number of aliphatic carboxylic acids is 1. The topological polar surface area (TPSA) is 79.0 Å². The van der Waals surface area contributed by atoms with E-state index < -0.39 is 5.97 Å². The predicted molar refractivity (Wildman–Crippen MR) is 66.6 cm³/mol. The highest BCUT2D eigenvalue weighted by Crippen LogP contribution is 2.10. The van der Waals surface area contributed by atoms with Crippen molar-refractivity contribution in [3.05, 3.63) is 17.5 Å². The van der Waals surface area contributed by atoms with Crippen LogP contribution in [0.2, 0.25) is 0 Å². The minimum absolute atomic E-state index is 0.121. The Morgan fingerprint density at radius 1 is 1.42 bits per heavy atom. The summed E-state index contributed by atoms with van der Waals surface area (Å²) in [5, 5.41) is 12.7. The van der Waals surface area contributed by atoms with E-state index >= 15 is 0 Å². The first-order chi connectivity index (χ1) is 9.17. The number of rotatable bonds is 6. The fraction of sp³-hybridized carbons (Fsp3) is 0.667. The fourth-order valence-corrected chi connectivity index (χ4v) is 2.17. The minimum atomic E-state index is -0.769. The van der Waals surface area contributed by atoms with Crippen molar-refractivity contribution < 1.29 is 19.2 Å². The number of carbonyl (C=O) groups is 1. The van der Waals surface area contributed by atoms with Crippen LogP contribution in [0.4, 0.5) is 0 Å². The highest BCUT2D eigenvalue weighted by atomic mass is 16.5. The Bertz CT molecular complexity index is 413. The van der Waals surface area contributed by atoms with Crippen molar-refractivity contribution in [1.82, 2.24) is 15.0 Å². The van der Waals surface area contributed by atoms with Crippen LogP contribution in [-0.2, 0) is 22.7 Å². The van der Waals surface area contributed by atoms with Gasteiger partial charge in [0.05, 0.1) is 12.2 Å². The van der Waals surface area contributed by atoms with E-state index in [4.69, 9.17) is 14.4 Å². The van der Waals surface area contributed by atoms with Crippen LogP contribution in [0.25, 0.3) is 0 Å². The summed E-state index contributed by atoms with van der Waals surface area (Å²) >= 11 is 0. The van der Waals surface area contributed by atoms with E-state index in [1.165, 1.54) is 0 Å². The van der Waals surface area contributed by atoms with Gasteiger partial charge in [0, 0.05) is 45.9 Å². The molecule has 2 rings (SSSR count). The molecule has 0 aliphatic carbocycles. The highest BCUT2D eigenvalue weighted by Gasteiger charge is 2.19. The third-order valence-corrected chi connectivity index (χ3v) is 3.10. The van der Waals surface area contributed by atoms with Gasteiger partial charge in [-0.05, 0) is 0 Å². The Kier molecular flexibility index (Phi) is 4.89. The molecule has 0 spiro atoms. The van der Waals surface area contributed by atoms with Crippen molar-refractivity contribution in [3.63, 3.8) is 0 Å². The molecule has 0 atom stereocenters. The standard InChI is InChI=1S/C12H19N3O4/c1-18-9-11-6-10(13-19-11)7-14-2-4-15(5-3-14)8-12(16)17/h6H,2-5,7-9H2,1H3,(H,16,17). The Morgan fingerprint density at radius 2 is 2.11 bits per heavy atom. The number of methoxy groups -OCH3 is 1. The van der Waals surface area contributed by atoms with Gasteiger partial charge >= 0.3 is 5.97 Å². The van der Waals surface area contributed by atoms with Crippen LogP contribution < -0.4 is 0 Å². The van der Waals surface area contributed by atoms with E-state index in [0.717, 1.165) is 44.2 Å². The van der Waals surface area contributed by atoms with Gasteiger partial charge < -0.3 is 14.4 Å². The Morgan fingerprint density at radius 3 is 2.74 bits per heavy atom. The second-order valence-corrected chi connectivity index (χ2v) is 4.66. The fourth-order valence-electron chi connectivity index (χ4n) is 2.17. The van der Waals surface area contributed by atoms with Gasteiger partial charge in [0.2, 0.25) is 0 Å². The minimum Gasteiger partial charge on any atom is -0.480 e. The summed E-state index contributed by atoms with van der Waals surface area (Å²) in [6, 6.07) is 1.90. The zero-order valence-corrected chi connectivity index (χ0v) is 11.0. The molecule has 19 heavy (non-hydrogen) atoms. The zero-order chi connectivity index (χ0) is 13.7. The van der Waals surface area contributed by atoms with Crippen LogP contribution in [0.5, 0.6) is 0 Å². The molecule has 1 N–H and O–H groups in total. The third kappa shape index (κ3) is 4.30. The molecule has 1 aromatic heterocycles. The number of hydrogen-bond donors (Lipinski definition) is 1. The number of ether oxygens (including phenoxy) is 1. The molecule has 1 aliphatic rings. The lowest BCUT2D eigenvalue weighted by atomic mass is 10.3. The van der Waals surface area contributed by atoms with Gasteiger partial charge in [-0.2, -0.15) is 0 Å². The number of piperazine rings is 1. The molecule has 0 amide bonds. The van der Waals surface area contributed by atoms with E-state index in [1.807, 2.05) is 11.0 Å². The van der Waals surface area contributed by atoms with Gasteiger partial charge in [0.25, 0.3) is 0 Å². The van der Waals surface area contributed by atoms with Crippen LogP contribution in [0.3, 0.4) is 0 Å². The zero-order valence-electron chi connectivity index (χ0n) is 11.0. The van der Waals surface area contributed by atoms with Gasteiger partial charge in [-0.1, -0.05) is 5.16 Å². The molecular formula is C12H19N3O4. The first kappa shape index (κ1) is 14.0. The van der Waals surface area contributed by atoms with Gasteiger partial charge in [0.1, 0.15) is 6.61 Å². The first-order valence-corrected chi connectivity index (χ1v) is 6.27. The monoisotopic (exact) mass is 269 g/mol. The maximum Gasteiger partial charge on any atom is 0.317 e. The maximum atomic E-state index is 10.6. The van der Waals surface area contributed by atoms with E-state index in [2.05, 4.69) is 10.1 Å². The summed E-state index contributed by atoms with van der Waals surface area (Å²) in [5.74, 6) is -0.0452. The molecule has 2 heterocycles. The van der Waals surface area contributed by atoms with Gasteiger partial charge in [-0.15, -0.1) is 0 Å². The van der Waals surface area contributed by atoms with E-state index in [1.54, 1.807) is 7.11 Å². The quantitative estimate of drug-likeness (QED) is 0.780. The van der Waals surface area contributed by atoms with Crippen molar-refractivity contribution in [3.8, 4) is 0 Å². The molecule has 0 aromatic carbocycles. The van der Waals surface area contributed by atoms with Crippen LogP contribution >= 0.6 is 0 Å². The Labute approximate surface area is 111 Å². The van der Waals surface area contributed by atoms with Crippen LogP contribution in [0, 0.1) is 0 Å². The number of aromatic nitrogens is 1. The van der Waals surface area contributed by atoms with Crippen LogP contribution in [0.1, 0.15) is 11.5 Å². The average Bonchev–Trinajstić information content (AvgIpc) is 2.79. The normalized spacial score (nSPS) is 17.7. The summed E-state index contributed by atoms with van der Waals surface area (Å²) in [5.41, 5.74) is 0.888. The Balaban J connectivity index is 1.76. The SMILES string of the molecule is COCc1cc(CN2CCN(CC(=O)O)CC2)no1. The summed E-state index contributed by atoms with van der Waals surface area (Å²) in [7, 11) is 1.61. The lowest BCUT2D eigenvalue weighted by molar-refractivity contribution is -0.138. The van der Waals surface area contributed by atoms with Crippen LogP contribution in [0.15, 0.2) is 10.6 Å². The molecule has 0 saturated carbocycles. The van der Waals surface area contributed by atoms with Crippen molar-refractivity contribution in [2.24, 2.45) is 0 Å². The highest BCUT2D eigenvalue weighted by molar-refractivity contribution is 5.69. The molecular weight excluding hydrogens is 250 g/mol. The second-order valence-electron chi connectivity index (χ2n) is 4.66. The molecule has 1 aromatic rings. The molecule has 1 fully saturated rings. The van der Waals surface area contributed by atoms with Crippen molar-refractivity contribution in [1.29, 1.82) is 0 Å².